The topological polar surface area (TPSA) is 37.0 Å². The molecule has 0 saturated heterocycles. The highest BCUT2D eigenvalue weighted by Crippen LogP contribution is 2.37. The Morgan fingerprint density at radius 3 is 2.70 bits per heavy atom. The SMILES string of the molecule is COc1cc(C)c(C)cc1C1NCCc2c1[nH]c1ccccc21. The molecule has 3 heteroatoms. The summed E-state index contributed by atoms with van der Waals surface area (Å²) in [6.45, 7) is 5.27. The summed E-state index contributed by atoms with van der Waals surface area (Å²) >= 11 is 0. The molecule has 1 unspecified atom stereocenters. The smallest absolute Gasteiger partial charge is 0.124 e. The maximum absolute atomic E-state index is 5.67. The first kappa shape index (κ1) is 14.3. The minimum atomic E-state index is 0.153. The molecule has 0 aliphatic carbocycles. The van der Waals surface area contributed by atoms with E-state index in [-0.39, 0.29) is 6.04 Å². The van der Waals surface area contributed by atoms with Gasteiger partial charge in [-0.05, 0) is 49.1 Å². The Bertz CT molecular complexity index is 879. The molecular weight excluding hydrogens is 284 g/mol. The zero-order chi connectivity index (χ0) is 16.0. The molecule has 0 spiro atoms. The van der Waals surface area contributed by atoms with Crippen LogP contribution in [0.3, 0.4) is 0 Å². The van der Waals surface area contributed by atoms with Crippen molar-refractivity contribution in [1.29, 1.82) is 0 Å². The van der Waals surface area contributed by atoms with Gasteiger partial charge in [0.2, 0.25) is 0 Å². The van der Waals surface area contributed by atoms with Crippen molar-refractivity contribution in [2.75, 3.05) is 13.7 Å². The minimum Gasteiger partial charge on any atom is -0.496 e. The van der Waals surface area contributed by atoms with Gasteiger partial charge in [0.15, 0.2) is 0 Å². The number of aromatic nitrogens is 1. The first-order chi connectivity index (χ1) is 11.2. The van der Waals surface area contributed by atoms with Crippen LogP contribution in [-0.2, 0) is 6.42 Å². The van der Waals surface area contributed by atoms with E-state index in [0.717, 1.165) is 18.7 Å². The van der Waals surface area contributed by atoms with E-state index in [0.29, 0.717) is 0 Å². The predicted octanol–water partition coefficient (Wildman–Crippen LogP) is 4.03. The number of fused-ring (bicyclic) bond motifs is 3. The lowest BCUT2D eigenvalue weighted by Gasteiger charge is -2.27. The van der Waals surface area contributed by atoms with Crippen molar-refractivity contribution >= 4 is 10.9 Å². The molecule has 1 aliphatic heterocycles. The van der Waals surface area contributed by atoms with Crippen LogP contribution in [-0.4, -0.2) is 18.6 Å². The van der Waals surface area contributed by atoms with Gasteiger partial charge in [-0.25, -0.2) is 0 Å². The van der Waals surface area contributed by atoms with Gasteiger partial charge in [0.1, 0.15) is 5.75 Å². The van der Waals surface area contributed by atoms with Crippen LogP contribution in [0, 0.1) is 13.8 Å². The Balaban J connectivity index is 1.91. The van der Waals surface area contributed by atoms with E-state index in [1.807, 2.05) is 0 Å². The molecule has 0 fully saturated rings. The molecule has 1 aliphatic rings. The lowest BCUT2D eigenvalue weighted by molar-refractivity contribution is 0.401. The molecule has 0 amide bonds. The van der Waals surface area contributed by atoms with Gasteiger partial charge in [-0.3, -0.25) is 0 Å². The van der Waals surface area contributed by atoms with Gasteiger partial charge in [-0.2, -0.15) is 0 Å². The van der Waals surface area contributed by atoms with Crippen LogP contribution >= 0.6 is 0 Å². The Labute approximate surface area is 136 Å². The van der Waals surface area contributed by atoms with Crippen LogP contribution in [0.15, 0.2) is 36.4 Å². The monoisotopic (exact) mass is 306 g/mol. The summed E-state index contributed by atoms with van der Waals surface area (Å²) in [5, 5.41) is 5.01. The van der Waals surface area contributed by atoms with Crippen molar-refractivity contribution in [3.05, 3.63) is 64.3 Å². The third kappa shape index (κ3) is 2.23. The van der Waals surface area contributed by atoms with E-state index < -0.39 is 0 Å². The van der Waals surface area contributed by atoms with Gasteiger partial charge >= 0.3 is 0 Å². The second kappa shape index (κ2) is 5.43. The first-order valence-electron chi connectivity index (χ1n) is 8.17. The number of benzene rings is 2. The maximum atomic E-state index is 5.67. The number of hydrogen-bond acceptors (Lipinski definition) is 2. The lowest BCUT2D eigenvalue weighted by Crippen LogP contribution is -2.30. The van der Waals surface area contributed by atoms with Crippen LogP contribution < -0.4 is 10.1 Å². The maximum Gasteiger partial charge on any atom is 0.124 e. The average molecular weight is 306 g/mol. The van der Waals surface area contributed by atoms with Crippen LogP contribution in [0.4, 0.5) is 0 Å². The first-order valence-corrected chi connectivity index (χ1v) is 8.17. The Hall–Kier alpha value is -2.26. The Morgan fingerprint density at radius 1 is 1.09 bits per heavy atom. The molecular formula is C20H22N2O. The van der Waals surface area contributed by atoms with Crippen molar-refractivity contribution in [2.45, 2.75) is 26.3 Å². The van der Waals surface area contributed by atoms with Gasteiger partial charge in [0.05, 0.1) is 13.2 Å². The Kier molecular flexibility index (Phi) is 3.38. The summed E-state index contributed by atoms with van der Waals surface area (Å²) in [6.07, 6.45) is 1.06. The van der Waals surface area contributed by atoms with Gasteiger partial charge in [0, 0.05) is 28.7 Å². The van der Waals surface area contributed by atoms with Crippen LogP contribution in [0.25, 0.3) is 10.9 Å². The molecule has 1 aromatic heterocycles. The summed E-state index contributed by atoms with van der Waals surface area (Å²) in [5.74, 6) is 0.956. The number of ether oxygens (including phenoxy) is 1. The molecule has 0 bridgehead atoms. The van der Waals surface area contributed by atoms with E-state index in [1.165, 1.54) is 38.9 Å². The number of nitrogens with one attached hydrogen (secondary N) is 2. The summed E-state index contributed by atoms with van der Waals surface area (Å²) < 4.78 is 5.67. The zero-order valence-electron chi connectivity index (χ0n) is 13.9. The third-order valence-electron chi connectivity index (χ3n) is 5.02. The minimum absolute atomic E-state index is 0.153. The molecule has 118 valence electrons. The molecule has 3 aromatic rings. The number of methoxy groups -OCH3 is 1. The molecule has 3 nitrogen and oxygen atoms in total. The summed E-state index contributed by atoms with van der Waals surface area (Å²) in [4.78, 5) is 3.63. The highest BCUT2D eigenvalue weighted by atomic mass is 16.5. The van der Waals surface area contributed by atoms with E-state index in [2.05, 4.69) is 60.5 Å². The number of hydrogen-bond donors (Lipinski definition) is 2. The standard InChI is InChI=1S/C20H22N2O/c1-12-10-16(18(23-3)11-13(12)2)19-20-15(8-9-21-19)14-6-4-5-7-17(14)22-20/h4-7,10-11,19,21-22H,8-9H2,1-3H3. The molecule has 1 atom stereocenters. The third-order valence-corrected chi connectivity index (χ3v) is 5.02. The fourth-order valence-electron chi connectivity index (χ4n) is 3.66. The van der Waals surface area contributed by atoms with Crippen LogP contribution in [0.2, 0.25) is 0 Å². The number of aryl methyl sites for hydroxylation is 2. The Morgan fingerprint density at radius 2 is 1.87 bits per heavy atom. The second-order valence-corrected chi connectivity index (χ2v) is 6.38. The van der Waals surface area contributed by atoms with Crippen molar-refractivity contribution in [2.24, 2.45) is 0 Å². The van der Waals surface area contributed by atoms with Gasteiger partial charge in [0.25, 0.3) is 0 Å². The quantitative estimate of drug-likeness (QED) is 0.750. The van der Waals surface area contributed by atoms with Crippen molar-refractivity contribution in [1.82, 2.24) is 10.3 Å². The van der Waals surface area contributed by atoms with Gasteiger partial charge in [-0.1, -0.05) is 24.3 Å². The van der Waals surface area contributed by atoms with E-state index in [1.54, 1.807) is 7.11 Å². The van der Waals surface area contributed by atoms with Crippen molar-refractivity contribution in [3.63, 3.8) is 0 Å². The van der Waals surface area contributed by atoms with Crippen molar-refractivity contribution in [3.8, 4) is 5.75 Å². The summed E-state index contributed by atoms with van der Waals surface area (Å²) in [7, 11) is 1.75. The molecule has 23 heavy (non-hydrogen) atoms. The number of H-pyrrole nitrogens is 1. The zero-order valence-corrected chi connectivity index (χ0v) is 13.9. The summed E-state index contributed by atoms with van der Waals surface area (Å²) in [5.41, 5.74) is 7.70. The largest absolute Gasteiger partial charge is 0.496 e. The lowest BCUT2D eigenvalue weighted by atomic mass is 9.92. The fraction of sp³-hybridized carbons (Fsp3) is 0.300. The highest BCUT2D eigenvalue weighted by molar-refractivity contribution is 5.85. The molecule has 0 radical (unpaired) electrons. The second-order valence-electron chi connectivity index (χ2n) is 6.38. The number of aromatic amines is 1. The molecule has 2 aromatic carbocycles. The molecule has 2 N–H and O–H groups in total. The van der Waals surface area contributed by atoms with E-state index in [4.69, 9.17) is 4.74 Å². The number of para-hydroxylation sites is 1. The van der Waals surface area contributed by atoms with Gasteiger partial charge < -0.3 is 15.0 Å². The highest BCUT2D eigenvalue weighted by Gasteiger charge is 2.27. The fourth-order valence-corrected chi connectivity index (χ4v) is 3.66. The average Bonchev–Trinajstić information content (AvgIpc) is 2.95. The van der Waals surface area contributed by atoms with Gasteiger partial charge in [-0.15, -0.1) is 0 Å². The molecule has 2 heterocycles. The van der Waals surface area contributed by atoms with E-state index in [9.17, 15) is 0 Å². The normalized spacial score (nSPS) is 17.3. The predicted molar refractivity (Wildman–Crippen MR) is 94.3 cm³/mol. The van der Waals surface area contributed by atoms with Crippen LogP contribution in [0.5, 0.6) is 5.75 Å². The summed E-state index contributed by atoms with van der Waals surface area (Å²) in [6, 6.07) is 13.1. The van der Waals surface area contributed by atoms with E-state index >= 15 is 0 Å². The molecule has 0 saturated carbocycles. The van der Waals surface area contributed by atoms with Crippen molar-refractivity contribution < 1.29 is 4.74 Å². The molecule has 4 rings (SSSR count). The van der Waals surface area contributed by atoms with Crippen LogP contribution in [0.1, 0.15) is 34.0 Å². The number of rotatable bonds is 2.